The van der Waals surface area contributed by atoms with E-state index in [9.17, 15) is 4.79 Å². The third kappa shape index (κ3) is 5.04. The first-order valence-electron chi connectivity index (χ1n) is 13.0. The number of amides is 1. The number of carbonyl (C=O) groups excluding carboxylic acids is 1. The van der Waals surface area contributed by atoms with Crippen LogP contribution in [0.3, 0.4) is 0 Å². The maximum absolute atomic E-state index is 12.3. The van der Waals surface area contributed by atoms with Crippen molar-refractivity contribution in [2.45, 2.75) is 57.9 Å². The molecule has 1 N–H and O–H groups in total. The second kappa shape index (κ2) is 10.5. The van der Waals surface area contributed by atoms with Gasteiger partial charge in [-0.2, -0.15) is 0 Å². The van der Waals surface area contributed by atoms with Crippen LogP contribution in [0.25, 0.3) is 0 Å². The van der Waals surface area contributed by atoms with Crippen molar-refractivity contribution >= 4 is 28.5 Å². The summed E-state index contributed by atoms with van der Waals surface area (Å²) in [6.07, 6.45) is 22.9. The molecule has 1 saturated heterocycles. The van der Waals surface area contributed by atoms with Crippen LogP contribution in [-0.4, -0.2) is 52.4 Å². The van der Waals surface area contributed by atoms with Crippen molar-refractivity contribution in [3.8, 4) is 0 Å². The lowest BCUT2D eigenvalue weighted by Gasteiger charge is -2.46. The van der Waals surface area contributed by atoms with E-state index < -0.39 is 0 Å². The van der Waals surface area contributed by atoms with Crippen LogP contribution < -0.4 is 5.32 Å². The molecule has 0 spiro atoms. The molecule has 178 valence electrons. The Morgan fingerprint density at radius 1 is 1.12 bits per heavy atom. The summed E-state index contributed by atoms with van der Waals surface area (Å²) < 4.78 is 1.19. The van der Waals surface area contributed by atoms with Gasteiger partial charge in [-0.15, -0.1) is 0 Å². The summed E-state index contributed by atoms with van der Waals surface area (Å²) in [7, 11) is 0. The van der Waals surface area contributed by atoms with E-state index in [0.717, 1.165) is 49.8 Å². The molecule has 33 heavy (non-hydrogen) atoms. The summed E-state index contributed by atoms with van der Waals surface area (Å²) in [6.45, 7) is 6.44. The Balaban J connectivity index is 1.34. The van der Waals surface area contributed by atoms with Crippen molar-refractivity contribution in [2.24, 2.45) is 17.8 Å². The fourth-order valence-electron chi connectivity index (χ4n) is 6.50. The zero-order valence-electron chi connectivity index (χ0n) is 19.9. The van der Waals surface area contributed by atoms with Crippen LogP contribution in [0.5, 0.6) is 0 Å². The molecular weight excluding hydrogens is 521 g/mol. The van der Waals surface area contributed by atoms with Gasteiger partial charge in [0.25, 0.3) is 5.91 Å². The number of nitrogens with one attached hydrogen (secondary N) is 1. The minimum absolute atomic E-state index is 0.0706. The number of hydrogen-bond donors (Lipinski definition) is 1. The molecule has 1 amide bonds. The van der Waals surface area contributed by atoms with Gasteiger partial charge in [-0.1, -0.05) is 66.2 Å². The highest BCUT2D eigenvalue weighted by atomic mass is 127. The number of piperazine rings is 1. The summed E-state index contributed by atoms with van der Waals surface area (Å²) in [4.78, 5) is 17.7. The monoisotopic (exact) mass is 559 g/mol. The van der Waals surface area contributed by atoms with E-state index in [1.165, 1.54) is 48.5 Å². The van der Waals surface area contributed by atoms with E-state index in [4.69, 9.17) is 0 Å². The van der Waals surface area contributed by atoms with E-state index in [0.29, 0.717) is 17.9 Å². The lowest BCUT2D eigenvalue weighted by molar-refractivity contribution is -0.117. The van der Waals surface area contributed by atoms with Crippen molar-refractivity contribution in [1.29, 1.82) is 0 Å². The Kier molecular flexibility index (Phi) is 7.45. The van der Waals surface area contributed by atoms with E-state index in [-0.39, 0.29) is 5.91 Å². The molecular formula is C28H38IN3O. The first kappa shape index (κ1) is 23.4. The quantitative estimate of drug-likeness (QED) is 0.364. The van der Waals surface area contributed by atoms with Crippen LogP contribution in [0.15, 0.2) is 59.0 Å². The molecule has 3 unspecified atom stereocenters. The van der Waals surface area contributed by atoms with Crippen LogP contribution in [0.1, 0.15) is 51.9 Å². The van der Waals surface area contributed by atoms with Gasteiger partial charge in [0, 0.05) is 65.5 Å². The topological polar surface area (TPSA) is 35.6 Å². The highest BCUT2D eigenvalue weighted by Crippen LogP contribution is 2.38. The number of fused-ring (bicyclic) bond motifs is 1. The zero-order valence-corrected chi connectivity index (χ0v) is 22.1. The number of alkyl halides is 1. The minimum atomic E-state index is 0.0706. The van der Waals surface area contributed by atoms with Gasteiger partial charge in [0.2, 0.25) is 0 Å². The molecule has 0 aromatic carbocycles. The molecule has 3 aliphatic carbocycles. The van der Waals surface area contributed by atoms with Gasteiger partial charge in [0.15, 0.2) is 0 Å². The van der Waals surface area contributed by atoms with Gasteiger partial charge >= 0.3 is 0 Å². The largest absolute Gasteiger partial charge is 0.372 e. The highest BCUT2D eigenvalue weighted by Gasteiger charge is 2.36. The molecule has 5 rings (SSSR count). The van der Waals surface area contributed by atoms with Crippen molar-refractivity contribution in [3.63, 3.8) is 0 Å². The summed E-state index contributed by atoms with van der Waals surface area (Å²) in [6, 6.07) is 0.491. The maximum Gasteiger partial charge on any atom is 0.250 e. The molecule has 0 radical (unpaired) electrons. The molecule has 5 aliphatic rings. The summed E-state index contributed by atoms with van der Waals surface area (Å²) in [5, 5.41) is 3.19. The molecule has 4 nitrogen and oxygen atoms in total. The average Bonchev–Trinajstić information content (AvgIpc) is 2.86. The third-order valence-corrected chi connectivity index (χ3v) is 9.40. The minimum Gasteiger partial charge on any atom is -0.372 e. The second-order valence-corrected chi connectivity index (χ2v) is 11.3. The van der Waals surface area contributed by atoms with Gasteiger partial charge in [-0.3, -0.25) is 9.69 Å². The standard InChI is InChI=1S/C28H38IN3O/c1-20-17-22-11-12-23(18-25(22)30-28(20)33)27(21-7-3-2-4-8-21)32-15-13-31(14-16-32)26-10-6-5-9-24(26)19-29/h5-6,10,12,17-18,21-22,24,27H,2-4,7-9,11,13-16,19H2,1H3,(H,30,33). The fourth-order valence-corrected chi connectivity index (χ4v) is 7.31. The molecule has 5 heteroatoms. The predicted molar refractivity (Wildman–Crippen MR) is 144 cm³/mol. The van der Waals surface area contributed by atoms with Crippen LogP contribution in [0.4, 0.5) is 0 Å². The molecule has 3 atom stereocenters. The van der Waals surface area contributed by atoms with Crippen molar-refractivity contribution in [1.82, 2.24) is 15.1 Å². The van der Waals surface area contributed by atoms with E-state index in [2.05, 4.69) is 74.2 Å². The lowest BCUT2D eigenvalue weighted by Crippen LogP contribution is -2.53. The zero-order chi connectivity index (χ0) is 22.8. The molecule has 2 fully saturated rings. The Labute approximate surface area is 213 Å². The Morgan fingerprint density at radius 2 is 1.91 bits per heavy atom. The van der Waals surface area contributed by atoms with Crippen molar-refractivity contribution in [2.75, 3.05) is 30.6 Å². The number of rotatable bonds is 5. The van der Waals surface area contributed by atoms with Gasteiger partial charge < -0.3 is 10.2 Å². The molecule has 2 heterocycles. The van der Waals surface area contributed by atoms with E-state index in [1.54, 1.807) is 5.70 Å². The summed E-state index contributed by atoms with van der Waals surface area (Å²) in [5.74, 6) is 1.82. The Hall–Kier alpha value is -1.34. The van der Waals surface area contributed by atoms with Crippen LogP contribution in [0, 0.1) is 17.8 Å². The lowest BCUT2D eigenvalue weighted by atomic mass is 9.77. The normalized spacial score (nSPS) is 30.0. The molecule has 2 aliphatic heterocycles. The maximum atomic E-state index is 12.3. The predicted octanol–water partition coefficient (Wildman–Crippen LogP) is 5.35. The number of halogens is 1. The van der Waals surface area contributed by atoms with Gasteiger partial charge in [0.1, 0.15) is 0 Å². The van der Waals surface area contributed by atoms with Crippen LogP contribution in [0.2, 0.25) is 0 Å². The highest BCUT2D eigenvalue weighted by molar-refractivity contribution is 14.1. The number of nitrogens with zero attached hydrogens (tertiary/aromatic N) is 2. The fraction of sp³-hybridized carbons (Fsp3) is 0.607. The van der Waals surface area contributed by atoms with Crippen LogP contribution >= 0.6 is 22.6 Å². The SMILES string of the molecule is CC1=CC2CC=C(C(C3CCCCC3)N3CCN(C4=CC=CCC4CI)CC3)C=C2NC1=O. The molecule has 1 saturated carbocycles. The second-order valence-electron chi connectivity index (χ2n) is 10.4. The smallest absolute Gasteiger partial charge is 0.250 e. The third-order valence-electron chi connectivity index (χ3n) is 8.34. The first-order valence-corrected chi connectivity index (χ1v) is 14.5. The van der Waals surface area contributed by atoms with E-state index >= 15 is 0 Å². The number of hydrogen-bond acceptors (Lipinski definition) is 3. The van der Waals surface area contributed by atoms with Gasteiger partial charge in [-0.25, -0.2) is 0 Å². The Bertz CT molecular complexity index is 900. The van der Waals surface area contributed by atoms with Crippen molar-refractivity contribution < 1.29 is 4.79 Å². The number of carbonyl (C=O) groups is 1. The molecule has 0 aromatic heterocycles. The number of allylic oxidation sites excluding steroid dienone is 6. The first-order chi connectivity index (χ1) is 16.1. The molecule has 0 bridgehead atoms. The van der Waals surface area contributed by atoms with Crippen molar-refractivity contribution in [3.05, 3.63) is 59.0 Å². The average molecular weight is 560 g/mol. The summed E-state index contributed by atoms with van der Waals surface area (Å²) >= 11 is 2.55. The van der Waals surface area contributed by atoms with Crippen LogP contribution in [-0.2, 0) is 4.79 Å². The Morgan fingerprint density at radius 3 is 2.67 bits per heavy atom. The van der Waals surface area contributed by atoms with Gasteiger partial charge in [-0.05, 0) is 56.3 Å². The van der Waals surface area contributed by atoms with Gasteiger partial charge in [0.05, 0.1) is 0 Å². The summed E-state index contributed by atoms with van der Waals surface area (Å²) in [5.41, 5.74) is 4.98. The van der Waals surface area contributed by atoms with E-state index in [1.807, 2.05) is 6.92 Å². The molecule has 0 aromatic rings.